The molecule has 0 saturated carbocycles. The molecule has 3 heterocycles. The number of ether oxygens (including phenoxy) is 1. The molecule has 2 aromatic heterocycles. The molecule has 1 aliphatic heterocycles. The molecule has 4 rings (SSSR count). The van der Waals surface area contributed by atoms with E-state index in [9.17, 15) is 4.79 Å². The second kappa shape index (κ2) is 6.35. The summed E-state index contributed by atoms with van der Waals surface area (Å²) < 4.78 is 10.5. The first kappa shape index (κ1) is 15.3. The molecule has 0 bridgehead atoms. The lowest BCUT2D eigenvalue weighted by Crippen LogP contribution is -2.24. The zero-order chi connectivity index (χ0) is 17.2. The van der Waals surface area contributed by atoms with Crippen molar-refractivity contribution in [3.63, 3.8) is 0 Å². The summed E-state index contributed by atoms with van der Waals surface area (Å²) in [6.07, 6.45) is 3.70. The van der Waals surface area contributed by atoms with E-state index in [4.69, 9.17) is 9.26 Å². The van der Waals surface area contributed by atoms with E-state index >= 15 is 0 Å². The van der Waals surface area contributed by atoms with E-state index in [1.165, 1.54) is 0 Å². The quantitative estimate of drug-likeness (QED) is 0.728. The number of rotatable bonds is 4. The van der Waals surface area contributed by atoms with Crippen LogP contribution in [-0.2, 0) is 4.79 Å². The minimum atomic E-state index is -0.113. The molecule has 0 radical (unpaired) electrons. The van der Waals surface area contributed by atoms with Crippen molar-refractivity contribution in [2.75, 3.05) is 18.6 Å². The summed E-state index contributed by atoms with van der Waals surface area (Å²) >= 11 is 0. The van der Waals surface area contributed by atoms with E-state index in [0.29, 0.717) is 24.7 Å². The van der Waals surface area contributed by atoms with Crippen LogP contribution >= 0.6 is 0 Å². The number of hydrogen-bond acceptors (Lipinski definition) is 6. The van der Waals surface area contributed by atoms with Crippen molar-refractivity contribution >= 4 is 11.6 Å². The van der Waals surface area contributed by atoms with Gasteiger partial charge < -0.3 is 14.2 Å². The highest BCUT2D eigenvalue weighted by molar-refractivity contribution is 5.96. The first-order valence-electron chi connectivity index (χ1n) is 7.93. The van der Waals surface area contributed by atoms with Crippen LogP contribution in [0.15, 0.2) is 53.3 Å². The van der Waals surface area contributed by atoms with Crippen molar-refractivity contribution in [1.82, 2.24) is 15.1 Å². The first-order valence-corrected chi connectivity index (χ1v) is 7.93. The predicted octanol–water partition coefficient (Wildman–Crippen LogP) is 2.66. The fourth-order valence-corrected chi connectivity index (χ4v) is 2.90. The number of benzene rings is 1. The molecule has 1 aliphatic rings. The summed E-state index contributed by atoms with van der Waals surface area (Å²) in [6.45, 7) is 0.517. The van der Waals surface area contributed by atoms with Gasteiger partial charge in [0.05, 0.1) is 13.0 Å². The number of amides is 1. The lowest BCUT2D eigenvalue weighted by molar-refractivity contribution is -0.117. The van der Waals surface area contributed by atoms with Crippen molar-refractivity contribution in [3.05, 3.63) is 54.7 Å². The highest BCUT2D eigenvalue weighted by atomic mass is 16.5. The molecule has 1 saturated heterocycles. The Kier molecular flexibility index (Phi) is 3.89. The molecule has 1 aromatic carbocycles. The number of methoxy groups -OCH3 is 1. The molecule has 3 aromatic rings. The van der Waals surface area contributed by atoms with Gasteiger partial charge in [0.2, 0.25) is 17.6 Å². The smallest absolute Gasteiger partial charge is 0.232 e. The van der Waals surface area contributed by atoms with Crippen LogP contribution in [0.2, 0.25) is 0 Å². The summed E-state index contributed by atoms with van der Waals surface area (Å²) in [6, 6.07) is 11.1. The molecule has 126 valence electrons. The maximum Gasteiger partial charge on any atom is 0.232 e. The highest BCUT2D eigenvalue weighted by Gasteiger charge is 2.35. The van der Waals surface area contributed by atoms with Crippen LogP contribution in [0.5, 0.6) is 5.75 Å². The van der Waals surface area contributed by atoms with E-state index in [1.54, 1.807) is 24.4 Å². The third kappa shape index (κ3) is 2.96. The minimum Gasteiger partial charge on any atom is -0.497 e. The Morgan fingerprint density at radius 2 is 1.92 bits per heavy atom. The predicted molar refractivity (Wildman–Crippen MR) is 90.2 cm³/mol. The summed E-state index contributed by atoms with van der Waals surface area (Å²) in [7, 11) is 1.61. The Bertz CT molecular complexity index is 877. The third-order valence-corrected chi connectivity index (χ3v) is 4.24. The van der Waals surface area contributed by atoms with E-state index < -0.39 is 0 Å². The Hall–Kier alpha value is -3.22. The minimum absolute atomic E-state index is 0.0406. The zero-order valence-corrected chi connectivity index (χ0v) is 13.6. The average Bonchev–Trinajstić information content (AvgIpc) is 3.29. The van der Waals surface area contributed by atoms with Gasteiger partial charge >= 0.3 is 0 Å². The van der Waals surface area contributed by atoms with Crippen molar-refractivity contribution < 1.29 is 14.1 Å². The molecule has 7 heteroatoms. The van der Waals surface area contributed by atoms with Crippen LogP contribution in [0, 0.1) is 0 Å². The normalized spacial score (nSPS) is 17.1. The first-order chi connectivity index (χ1) is 12.2. The molecular formula is C18H16N4O3. The van der Waals surface area contributed by atoms with E-state index in [2.05, 4.69) is 15.1 Å². The van der Waals surface area contributed by atoms with Crippen LogP contribution < -0.4 is 9.64 Å². The van der Waals surface area contributed by atoms with E-state index in [-0.39, 0.29) is 11.8 Å². The topological polar surface area (TPSA) is 81.3 Å². The molecule has 25 heavy (non-hydrogen) atoms. The summed E-state index contributed by atoms with van der Waals surface area (Å²) in [5.41, 5.74) is 1.67. The van der Waals surface area contributed by atoms with E-state index in [0.717, 1.165) is 17.0 Å². The van der Waals surface area contributed by atoms with Crippen LogP contribution in [0.25, 0.3) is 11.4 Å². The average molecular weight is 336 g/mol. The standard InChI is InChI=1S/C18H16N4O3/c1-24-15-4-2-14(3-5-15)22-11-13(10-16(22)23)18-20-17(21-25-18)12-6-8-19-9-7-12/h2-9,13H,10-11H2,1H3/t13-/m1/s1. The molecular weight excluding hydrogens is 320 g/mol. The van der Waals surface area contributed by atoms with Crippen molar-refractivity contribution in [2.45, 2.75) is 12.3 Å². The molecule has 1 fully saturated rings. The summed E-state index contributed by atoms with van der Waals surface area (Å²) in [4.78, 5) is 22.5. The van der Waals surface area contributed by atoms with Gasteiger partial charge in [-0.05, 0) is 36.4 Å². The van der Waals surface area contributed by atoms with Crippen LogP contribution in [-0.4, -0.2) is 34.7 Å². The SMILES string of the molecule is COc1ccc(N2C[C@H](c3nc(-c4ccncc4)no3)CC2=O)cc1. The number of hydrogen-bond donors (Lipinski definition) is 0. The maximum absolute atomic E-state index is 12.4. The van der Waals surface area contributed by atoms with Crippen molar-refractivity contribution in [3.8, 4) is 17.1 Å². The van der Waals surface area contributed by atoms with Gasteiger partial charge in [-0.1, -0.05) is 5.16 Å². The van der Waals surface area contributed by atoms with Crippen LogP contribution in [0.4, 0.5) is 5.69 Å². The number of carbonyl (C=O) groups excluding carboxylic acids is 1. The van der Waals surface area contributed by atoms with Crippen LogP contribution in [0.1, 0.15) is 18.2 Å². The Morgan fingerprint density at radius 3 is 2.64 bits per heavy atom. The monoisotopic (exact) mass is 336 g/mol. The maximum atomic E-state index is 12.4. The van der Waals surface area contributed by atoms with Gasteiger partial charge in [0.1, 0.15) is 5.75 Å². The molecule has 0 N–H and O–H groups in total. The van der Waals surface area contributed by atoms with Gasteiger partial charge in [-0.3, -0.25) is 9.78 Å². The molecule has 0 spiro atoms. The lowest BCUT2D eigenvalue weighted by Gasteiger charge is -2.16. The summed E-state index contributed by atoms with van der Waals surface area (Å²) in [5, 5.41) is 4.02. The molecule has 7 nitrogen and oxygen atoms in total. The second-order valence-corrected chi connectivity index (χ2v) is 5.80. The Balaban J connectivity index is 1.53. The number of pyridine rings is 1. The Morgan fingerprint density at radius 1 is 1.16 bits per heavy atom. The number of aromatic nitrogens is 3. The summed E-state index contributed by atoms with van der Waals surface area (Å²) in [5.74, 6) is 1.67. The molecule has 1 amide bonds. The fourth-order valence-electron chi connectivity index (χ4n) is 2.90. The van der Waals surface area contributed by atoms with Crippen molar-refractivity contribution in [2.24, 2.45) is 0 Å². The largest absolute Gasteiger partial charge is 0.497 e. The fraction of sp³-hybridized carbons (Fsp3) is 0.222. The third-order valence-electron chi connectivity index (χ3n) is 4.24. The molecule has 1 atom stereocenters. The van der Waals surface area contributed by atoms with Crippen molar-refractivity contribution in [1.29, 1.82) is 0 Å². The van der Waals surface area contributed by atoms with E-state index in [1.807, 2.05) is 36.4 Å². The number of anilines is 1. The highest BCUT2D eigenvalue weighted by Crippen LogP contribution is 2.32. The van der Waals surface area contributed by atoms with Crippen LogP contribution in [0.3, 0.4) is 0 Å². The van der Waals surface area contributed by atoms with Gasteiger partial charge in [-0.15, -0.1) is 0 Å². The van der Waals surface area contributed by atoms with Gasteiger partial charge in [0, 0.05) is 36.6 Å². The van der Waals surface area contributed by atoms with Gasteiger partial charge in [0.15, 0.2) is 0 Å². The van der Waals surface area contributed by atoms with Gasteiger partial charge in [-0.25, -0.2) is 0 Å². The molecule has 0 unspecified atom stereocenters. The van der Waals surface area contributed by atoms with Gasteiger partial charge in [0.25, 0.3) is 0 Å². The number of carbonyl (C=O) groups is 1. The Labute approximate surface area is 144 Å². The molecule has 0 aliphatic carbocycles. The van der Waals surface area contributed by atoms with Gasteiger partial charge in [-0.2, -0.15) is 4.98 Å². The second-order valence-electron chi connectivity index (χ2n) is 5.80. The zero-order valence-electron chi connectivity index (χ0n) is 13.6. The lowest BCUT2D eigenvalue weighted by atomic mass is 10.1. The number of nitrogens with zero attached hydrogens (tertiary/aromatic N) is 4.